The van der Waals surface area contributed by atoms with E-state index in [1.807, 2.05) is 45.3 Å². The van der Waals surface area contributed by atoms with E-state index in [4.69, 9.17) is 4.74 Å². The molecule has 4 aromatic heterocycles. The molecule has 4 heterocycles. The van der Waals surface area contributed by atoms with Crippen LogP contribution in [0.15, 0.2) is 66.7 Å². The number of ether oxygens (including phenoxy) is 1. The Bertz CT molecular complexity index is 1410. The highest BCUT2D eigenvalue weighted by Crippen LogP contribution is 2.45. The van der Waals surface area contributed by atoms with Crippen LogP contribution in [0.2, 0.25) is 0 Å². The van der Waals surface area contributed by atoms with Gasteiger partial charge in [0.2, 0.25) is 0 Å². The van der Waals surface area contributed by atoms with Crippen molar-refractivity contribution in [3.8, 4) is 45.5 Å². The minimum Gasteiger partial charge on any atom is -0.493 e. The van der Waals surface area contributed by atoms with Crippen molar-refractivity contribution < 1.29 is 4.74 Å². The maximum atomic E-state index is 5.94. The molecule has 0 spiro atoms. The van der Waals surface area contributed by atoms with Gasteiger partial charge in [-0.3, -0.25) is 0 Å². The Balaban J connectivity index is 1.31. The molecule has 0 aliphatic rings. The minimum atomic E-state index is 0.581. The summed E-state index contributed by atoms with van der Waals surface area (Å²) < 4.78 is 5.94. The first kappa shape index (κ1) is 25.5. The molecule has 5 rings (SSSR count). The number of thiophene rings is 4. The second-order valence-corrected chi connectivity index (χ2v) is 13.7. The van der Waals surface area contributed by atoms with Gasteiger partial charge in [0.15, 0.2) is 0 Å². The molecule has 5 heteroatoms. The Morgan fingerprint density at radius 3 is 1.97 bits per heavy atom. The maximum absolute atomic E-state index is 5.94. The van der Waals surface area contributed by atoms with Gasteiger partial charge in [-0.1, -0.05) is 33.6 Å². The lowest BCUT2D eigenvalue weighted by atomic mass is 10.1. The molecule has 0 amide bonds. The van der Waals surface area contributed by atoms with Crippen molar-refractivity contribution in [2.45, 2.75) is 47.0 Å². The molecule has 1 aromatic carbocycles. The van der Waals surface area contributed by atoms with Crippen LogP contribution in [0.1, 0.15) is 44.1 Å². The van der Waals surface area contributed by atoms with Crippen LogP contribution in [0.25, 0.3) is 39.7 Å². The molecule has 0 bridgehead atoms. The average Bonchev–Trinajstić information content (AvgIpc) is 3.69. The van der Waals surface area contributed by atoms with Crippen LogP contribution in [0.4, 0.5) is 0 Å². The SMILES string of the molecule is CCCc1ccc(-c2ccc(-c3ccc(-c4sc(-c5ccc(OC[C@@H](C)CC)cc5)cc4C)s3)s2)s1. The highest BCUT2D eigenvalue weighted by atomic mass is 32.1. The summed E-state index contributed by atoms with van der Waals surface area (Å²) >= 11 is 7.63. The van der Waals surface area contributed by atoms with E-state index in [0.717, 1.165) is 18.8 Å². The smallest absolute Gasteiger partial charge is 0.119 e. The van der Waals surface area contributed by atoms with Crippen molar-refractivity contribution in [2.24, 2.45) is 5.92 Å². The van der Waals surface area contributed by atoms with Gasteiger partial charge in [0.1, 0.15) is 5.75 Å². The molecule has 36 heavy (non-hydrogen) atoms. The topological polar surface area (TPSA) is 9.23 Å². The molecule has 0 unspecified atom stereocenters. The van der Waals surface area contributed by atoms with E-state index >= 15 is 0 Å². The number of aryl methyl sites for hydroxylation is 2. The van der Waals surface area contributed by atoms with Crippen molar-refractivity contribution in [3.05, 3.63) is 77.2 Å². The zero-order chi connectivity index (χ0) is 25.1. The van der Waals surface area contributed by atoms with Crippen molar-refractivity contribution in [2.75, 3.05) is 6.61 Å². The number of hydrogen-bond donors (Lipinski definition) is 0. The largest absolute Gasteiger partial charge is 0.493 e. The fraction of sp³-hybridized carbons (Fsp3) is 0.290. The van der Waals surface area contributed by atoms with Crippen molar-refractivity contribution >= 4 is 45.3 Å². The quantitative estimate of drug-likeness (QED) is 0.169. The third-order valence-corrected chi connectivity index (χ3v) is 11.5. The second-order valence-electron chi connectivity index (χ2n) is 9.32. The zero-order valence-corrected chi connectivity index (χ0v) is 24.6. The Morgan fingerprint density at radius 1 is 0.694 bits per heavy atom. The lowest BCUT2D eigenvalue weighted by Gasteiger charge is -2.11. The summed E-state index contributed by atoms with van der Waals surface area (Å²) in [7, 11) is 0. The van der Waals surface area contributed by atoms with Crippen molar-refractivity contribution in [3.63, 3.8) is 0 Å². The molecule has 1 atom stereocenters. The molecular formula is C31H32OS4. The molecular weight excluding hydrogens is 517 g/mol. The molecule has 0 saturated heterocycles. The summed E-state index contributed by atoms with van der Waals surface area (Å²) in [6.45, 7) is 9.68. The predicted octanol–water partition coefficient (Wildman–Crippen LogP) is 11.3. The Kier molecular flexibility index (Phi) is 8.12. The van der Waals surface area contributed by atoms with E-state index in [1.165, 1.54) is 63.0 Å². The summed E-state index contributed by atoms with van der Waals surface area (Å²) in [6.07, 6.45) is 3.52. The van der Waals surface area contributed by atoms with Gasteiger partial charge in [-0.05, 0) is 97.1 Å². The first-order valence-electron chi connectivity index (χ1n) is 12.7. The highest BCUT2D eigenvalue weighted by Gasteiger charge is 2.14. The Morgan fingerprint density at radius 2 is 1.31 bits per heavy atom. The third-order valence-electron chi connectivity index (χ3n) is 6.37. The van der Waals surface area contributed by atoms with Crippen LogP contribution >= 0.6 is 45.3 Å². The molecule has 186 valence electrons. The molecule has 0 saturated carbocycles. The molecule has 0 fully saturated rings. The van der Waals surface area contributed by atoms with Gasteiger partial charge in [-0.2, -0.15) is 0 Å². The number of benzene rings is 1. The van der Waals surface area contributed by atoms with Gasteiger partial charge >= 0.3 is 0 Å². The first-order valence-corrected chi connectivity index (χ1v) is 15.9. The normalized spacial score (nSPS) is 12.2. The summed E-state index contributed by atoms with van der Waals surface area (Å²) in [4.78, 5) is 11.0. The van der Waals surface area contributed by atoms with Gasteiger partial charge in [-0.25, -0.2) is 0 Å². The van der Waals surface area contributed by atoms with E-state index in [9.17, 15) is 0 Å². The van der Waals surface area contributed by atoms with Crippen LogP contribution in [-0.2, 0) is 6.42 Å². The fourth-order valence-corrected chi connectivity index (χ4v) is 8.68. The Hall–Kier alpha value is -2.18. The minimum absolute atomic E-state index is 0.581. The second kappa shape index (κ2) is 11.5. The van der Waals surface area contributed by atoms with Gasteiger partial charge in [0, 0.05) is 39.0 Å². The maximum Gasteiger partial charge on any atom is 0.119 e. The molecule has 0 N–H and O–H groups in total. The number of hydrogen-bond acceptors (Lipinski definition) is 5. The standard InChI is InChI=1S/C31H32OS4/c1-5-7-24-12-13-25(33-24)26-14-15-27(34-26)28-16-17-29(35-28)31-21(4)18-30(36-31)22-8-10-23(11-9-22)32-19-20(3)6-2/h8-18,20H,5-7,19H2,1-4H3/t20-/m0/s1. The molecule has 0 radical (unpaired) electrons. The fourth-order valence-electron chi connectivity index (χ4n) is 4.03. The van der Waals surface area contributed by atoms with Crippen LogP contribution < -0.4 is 4.74 Å². The van der Waals surface area contributed by atoms with E-state index in [1.54, 1.807) is 0 Å². The van der Waals surface area contributed by atoms with Crippen molar-refractivity contribution in [1.29, 1.82) is 0 Å². The summed E-state index contributed by atoms with van der Waals surface area (Å²) in [5, 5.41) is 0. The van der Waals surface area contributed by atoms with Crippen LogP contribution in [0.3, 0.4) is 0 Å². The van der Waals surface area contributed by atoms with Gasteiger partial charge in [-0.15, -0.1) is 45.3 Å². The first-order chi connectivity index (χ1) is 17.5. The Labute approximate surface area is 231 Å². The zero-order valence-electron chi connectivity index (χ0n) is 21.3. The third kappa shape index (κ3) is 5.70. The lowest BCUT2D eigenvalue weighted by Crippen LogP contribution is -2.06. The lowest BCUT2D eigenvalue weighted by molar-refractivity contribution is 0.256. The van der Waals surface area contributed by atoms with Crippen LogP contribution in [-0.4, -0.2) is 6.61 Å². The summed E-state index contributed by atoms with van der Waals surface area (Å²) in [5.41, 5.74) is 2.60. The van der Waals surface area contributed by atoms with Crippen molar-refractivity contribution in [1.82, 2.24) is 0 Å². The predicted molar refractivity (Wildman–Crippen MR) is 163 cm³/mol. The average molecular weight is 549 g/mol. The molecule has 1 nitrogen and oxygen atoms in total. The van der Waals surface area contributed by atoms with Gasteiger partial charge in [0.25, 0.3) is 0 Å². The van der Waals surface area contributed by atoms with Crippen LogP contribution in [0.5, 0.6) is 5.75 Å². The van der Waals surface area contributed by atoms with Gasteiger partial charge < -0.3 is 4.74 Å². The molecule has 0 aliphatic heterocycles. The van der Waals surface area contributed by atoms with Crippen LogP contribution in [0, 0.1) is 12.8 Å². The van der Waals surface area contributed by atoms with E-state index in [0.29, 0.717) is 5.92 Å². The molecule has 5 aromatic rings. The van der Waals surface area contributed by atoms with Gasteiger partial charge in [0.05, 0.1) is 6.61 Å². The van der Waals surface area contributed by atoms with E-state index in [-0.39, 0.29) is 0 Å². The number of rotatable bonds is 10. The summed E-state index contributed by atoms with van der Waals surface area (Å²) in [6, 6.07) is 24.6. The molecule has 0 aliphatic carbocycles. The van der Waals surface area contributed by atoms with E-state index in [2.05, 4.69) is 94.4 Å². The highest BCUT2D eigenvalue weighted by molar-refractivity contribution is 7.29. The summed E-state index contributed by atoms with van der Waals surface area (Å²) in [5.74, 6) is 1.54. The monoisotopic (exact) mass is 548 g/mol. The van der Waals surface area contributed by atoms with E-state index < -0.39 is 0 Å².